The van der Waals surface area contributed by atoms with Crippen molar-refractivity contribution in [1.29, 1.82) is 0 Å². The molecule has 2 rings (SSSR count). The Hall–Kier alpha value is -1.11. The van der Waals surface area contributed by atoms with Gasteiger partial charge in [0, 0.05) is 24.9 Å². The van der Waals surface area contributed by atoms with Gasteiger partial charge in [0.1, 0.15) is 12.4 Å². The molecule has 2 aliphatic rings. The highest BCUT2D eigenvalue weighted by Gasteiger charge is 2.39. The summed E-state index contributed by atoms with van der Waals surface area (Å²) in [5.74, 6) is -0.0695. The van der Waals surface area contributed by atoms with Gasteiger partial charge in [0.2, 0.25) is 5.91 Å². The number of alkyl halides is 3. The van der Waals surface area contributed by atoms with Crippen molar-refractivity contribution >= 4 is 11.7 Å². The molecule has 1 amide bonds. The van der Waals surface area contributed by atoms with E-state index in [-0.39, 0.29) is 36.7 Å². The number of hydrogen-bond acceptors (Lipinski definition) is 3. The molecule has 2 fully saturated rings. The third kappa shape index (κ3) is 4.43. The summed E-state index contributed by atoms with van der Waals surface area (Å²) in [7, 11) is 0. The SMILES string of the molecule is O=C1CCCC1C1CCCN1C(=O)CCOCC(F)(F)F. The summed E-state index contributed by atoms with van der Waals surface area (Å²) >= 11 is 0. The van der Waals surface area contributed by atoms with Gasteiger partial charge in [0.25, 0.3) is 0 Å². The molecule has 7 heteroatoms. The third-order valence-corrected chi connectivity index (χ3v) is 4.16. The minimum atomic E-state index is -4.37. The van der Waals surface area contributed by atoms with Gasteiger partial charge in [-0.25, -0.2) is 0 Å². The topological polar surface area (TPSA) is 46.6 Å². The first kappa shape index (κ1) is 16.3. The monoisotopic (exact) mass is 307 g/mol. The molecule has 0 aromatic carbocycles. The van der Waals surface area contributed by atoms with Gasteiger partial charge in [-0.15, -0.1) is 0 Å². The van der Waals surface area contributed by atoms with Crippen LogP contribution in [0.25, 0.3) is 0 Å². The van der Waals surface area contributed by atoms with E-state index in [1.165, 1.54) is 0 Å². The second kappa shape index (κ2) is 6.77. The molecule has 1 aliphatic heterocycles. The molecule has 4 nitrogen and oxygen atoms in total. The number of rotatable bonds is 5. The van der Waals surface area contributed by atoms with Crippen LogP contribution in [0.3, 0.4) is 0 Å². The molecule has 0 bridgehead atoms. The van der Waals surface area contributed by atoms with Gasteiger partial charge in [-0.3, -0.25) is 9.59 Å². The zero-order valence-corrected chi connectivity index (χ0v) is 11.8. The number of ketones is 1. The van der Waals surface area contributed by atoms with E-state index >= 15 is 0 Å². The molecular weight excluding hydrogens is 287 g/mol. The van der Waals surface area contributed by atoms with E-state index in [2.05, 4.69) is 4.74 Å². The van der Waals surface area contributed by atoms with Gasteiger partial charge in [-0.1, -0.05) is 0 Å². The summed E-state index contributed by atoms with van der Waals surface area (Å²) < 4.78 is 40.3. The van der Waals surface area contributed by atoms with E-state index in [1.54, 1.807) is 4.90 Å². The lowest BCUT2D eigenvalue weighted by Crippen LogP contribution is -2.41. The Kier molecular flexibility index (Phi) is 5.24. The van der Waals surface area contributed by atoms with Crippen LogP contribution >= 0.6 is 0 Å². The molecule has 0 radical (unpaired) electrons. The minimum Gasteiger partial charge on any atom is -0.372 e. The smallest absolute Gasteiger partial charge is 0.372 e. The third-order valence-electron chi connectivity index (χ3n) is 4.16. The minimum absolute atomic E-state index is 0.0601. The quantitative estimate of drug-likeness (QED) is 0.732. The van der Waals surface area contributed by atoms with E-state index in [9.17, 15) is 22.8 Å². The lowest BCUT2D eigenvalue weighted by atomic mass is 9.95. The van der Waals surface area contributed by atoms with E-state index in [0.29, 0.717) is 13.0 Å². The molecule has 1 heterocycles. The number of Topliss-reactive ketones (excluding diaryl/α,β-unsaturated/α-hetero) is 1. The Morgan fingerprint density at radius 2 is 2.05 bits per heavy atom. The van der Waals surface area contributed by atoms with Gasteiger partial charge in [0.15, 0.2) is 0 Å². The molecule has 120 valence electrons. The van der Waals surface area contributed by atoms with Crippen molar-refractivity contribution in [3.05, 3.63) is 0 Å². The summed E-state index contributed by atoms with van der Waals surface area (Å²) in [4.78, 5) is 25.6. The molecule has 0 spiro atoms. The molecule has 2 atom stereocenters. The standard InChI is InChI=1S/C14H20F3NO3/c15-14(16,17)9-21-8-6-13(20)18-7-2-4-11(18)10-3-1-5-12(10)19/h10-11H,1-9H2. The van der Waals surface area contributed by atoms with Crippen LogP contribution in [-0.4, -0.2) is 48.6 Å². The summed E-state index contributed by atoms with van der Waals surface area (Å²) in [6.07, 6.45) is -0.495. The predicted molar refractivity (Wildman–Crippen MR) is 68.6 cm³/mol. The van der Waals surface area contributed by atoms with Crippen LogP contribution in [0.4, 0.5) is 13.2 Å². The van der Waals surface area contributed by atoms with E-state index in [0.717, 1.165) is 25.7 Å². The van der Waals surface area contributed by atoms with Crippen molar-refractivity contribution in [2.75, 3.05) is 19.8 Å². The second-order valence-corrected chi connectivity index (χ2v) is 5.68. The molecule has 2 unspecified atom stereocenters. The highest BCUT2D eigenvalue weighted by Crippen LogP contribution is 2.33. The number of carbonyl (C=O) groups excluding carboxylic acids is 2. The Bertz CT molecular complexity index is 397. The van der Waals surface area contributed by atoms with Gasteiger partial charge in [-0.05, 0) is 25.7 Å². The lowest BCUT2D eigenvalue weighted by molar-refractivity contribution is -0.175. The number of amides is 1. The van der Waals surface area contributed by atoms with Gasteiger partial charge >= 0.3 is 6.18 Å². The van der Waals surface area contributed by atoms with Crippen LogP contribution < -0.4 is 0 Å². The van der Waals surface area contributed by atoms with Crippen LogP contribution in [0.15, 0.2) is 0 Å². The fraction of sp³-hybridized carbons (Fsp3) is 0.857. The van der Waals surface area contributed by atoms with E-state index in [4.69, 9.17) is 0 Å². The van der Waals surface area contributed by atoms with E-state index < -0.39 is 12.8 Å². The number of ether oxygens (including phenoxy) is 1. The Balaban J connectivity index is 1.79. The van der Waals surface area contributed by atoms with E-state index in [1.807, 2.05) is 0 Å². The first-order valence-corrected chi connectivity index (χ1v) is 7.35. The van der Waals surface area contributed by atoms with Crippen LogP contribution in [0, 0.1) is 5.92 Å². The van der Waals surface area contributed by atoms with Crippen molar-refractivity contribution in [1.82, 2.24) is 4.90 Å². The molecule has 0 N–H and O–H groups in total. The maximum atomic E-state index is 12.1. The number of halogens is 3. The molecule has 21 heavy (non-hydrogen) atoms. The molecule has 1 saturated carbocycles. The fourth-order valence-corrected chi connectivity index (χ4v) is 3.26. The number of nitrogens with zero attached hydrogens (tertiary/aromatic N) is 1. The highest BCUT2D eigenvalue weighted by atomic mass is 19.4. The molecule has 0 aromatic heterocycles. The van der Waals surface area contributed by atoms with Crippen LogP contribution in [-0.2, 0) is 14.3 Å². The van der Waals surface area contributed by atoms with Crippen molar-refractivity contribution in [3.8, 4) is 0 Å². The normalized spacial score (nSPS) is 26.6. The predicted octanol–water partition coefficient (Wildman–Crippen LogP) is 2.32. The Morgan fingerprint density at radius 3 is 2.67 bits per heavy atom. The average molecular weight is 307 g/mol. The molecule has 1 saturated heterocycles. The van der Waals surface area contributed by atoms with Crippen molar-refractivity contribution in [2.24, 2.45) is 5.92 Å². The maximum absolute atomic E-state index is 12.1. The van der Waals surface area contributed by atoms with Crippen LogP contribution in [0.2, 0.25) is 0 Å². The van der Waals surface area contributed by atoms with Crippen LogP contribution in [0.1, 0.15) is 38.5 Å². The number of hydrogen-bond donors (Lipinski definition) is 0. The average Bonchev–Trinajstić information content (AvgIpc) is 3.01. The Morgan fingerprint density at radius 1 is 1.29 bits per heavy atom. The Labute approximate surface area is 121 Å². The lowest BCUT2D eigenvalue weighted by Gasteiger charge is -2.28. The second-order valence-electron chi connectivity index (χ2n) is 5.68. The van der Waals surface area contributed by atoms with Gasteiger partial charge < -0.3 is 9.64 Å². The zero-order valence-electron chi connectivity index (χ0n) is 11.8. The maximum Gasteiger partial charge on any atom is 0.411 e. The van der Waals surface area contributed by atoms with Crippen molar-refractivity contribution < 1.29 is 27.5 Å². The summed E-state index contributed by atoms with van der Waals surface area (Å²) in [6, 6.07) is -0.0601. The first-order chi connectivity index (χ1) is 9.88. The summed E-state index contributed by atoms with van der Waals surface area (Å²) in [5, 5.41) is 0. The van der Waals surface area contributed by atoms with Crippen molar-refractivity contribution in [2.45, 2.75) is 50.7 Å². The van der Waals surface area contributed by atoms with Crippen LogP contribution in [0.5, 0.6) is 0 Å². The summed E-state index contributed by atoms with van der Waals surface area (Å²) in [5.41, 5.74) is 0. The number of likely N-dealkylation sites (tertiary alicyclic amines) is 1. The van der Waals surface area contributed by atoms with Gasteiger partial charge in [0.05, 0.1) is 13.0 Å². The van der Waals surface area contributed by atoms with Gasteiger partial charge in [-0.2, -0.15) is 13.2 Å². The fourth-order valence-electron chi connectivity index (χ4n) is 3.26. The molecule has 0 aromatic rings. The number of carbonyl (C=O) groups is 2. The largest absolute Gasteiger partial charge is 0.411 e. The molecular formula is C14H20F3NO3. The highest BCUT2D eigenvalue weighted by molar-refractivity contribution is 5.85. The zero-order chi connectivity index (χ0) is 15.5. The first-order valence-electron chi connectivity index (χ1n) is 7.35. The summed E-state index contributed by atoms with van der Waals surface area (Å²) in [6.45, 7) is -0.975. The molecule has 1 aliphatic carbocycles. The van der Waals surface area contributed by atoms with Crippen molar-refractivity contribution in [3.63, 3.8) is 0 Å².